The van der Waals surface area contributed by atoms with Gasteiger partial charge in [-0.2, -0.15) is 33.2 Å². The Morgan fingerprint density at radius 2 is 1.18 bits per heavy atom. The van der Waals surface area contributed by atoms with Crippen molar-refractivity contribution in [2.24, 2.45) is 0 Å². The van der Waals surface area contributed by atoms with Crippen molar-refractivity contribution in [3.8, 4) is 0 Å². The summed E-state index contributed by atoms with van der Waals surface area (Å²) in [5.74, 6) is -3.46. The molecular weight excluding hydrogens is 809 g/mol. The van der Waals surface area contributed by atoms with Crippen LogP contribution in [0.15, 0.2) is 0 Å². The van der Waals surface area contributed by atoms with E-state index in [1.165, 1.54) is 0 Å². The molecule has 0 bridgehead atoms. The van der Waals surface area contributed by atoms with Crippen LogP contribution in [0.2, 0.25) is 23.0 Å². The van der Waals surface area contributed by atoms with Crippen LogP contribution in [0.4, 0.5) is 0 Å². The summed E-state index contributed by atoms with van der Waals surface area (Å²) in [6.45, 7) is 2.00. The average molecular weight is 823 g/mol. The van der Waals surface area contributed by atoms with Crippen molar-refractivity contribution in [2.75, 3.05) is 0 Å². The minimum absolute atomic E-state index is 0.0741. The number of halogens is 14. The summed E-state index contributed by atoms with van der Waals surface area (Å²) in [6.07, 6.45) is -15.6. The molecule has 0 atom stereocenters. The van der Waals surface area contributed by atoms with Crippen molar-refractivity contribution in [2.45, 2.75) is 30.0 Å². The first-order valence-electron chi connectivity index (χ1n) is 7.70. The molecule has 1 rings (SSSR count). The van der Waals surface area contributed by atoms with Gasteiger partial charge in [0.15, 0.2) is 0 Å². The SMILES string of the molecule is CC[Si](Cl)(Cl)[SiH2][SiH]1C[Si](Cl)(Cl)[Si](Cl)([Si](Cl)(Cl)C[Si](Cl)(Cl)[Si](Cl)(Cl)Cl)[Si](Cl)(Cl)C1. The van der Waals surface area contributed by atoms with Crippen LogP contribution in [-0.4, -0.2) is 59.4 Å². The molecule has 0 spiro atoms. The van der Waals surface area contributed by atoms with Gasteiger partial charge < -0.3 is 0 Å². The van der Waals surface area contributed by atoms with Gasteiger partial charge in [-0.05, 0) is 23.0 Å². The third-order valence-electron chi connectivity index (χ3n) is 4.57. The molecule has 0 aromatic rings. The van der Waals surface area contributed by atoms with Gasteiger partial charge in [0.2, 0.25) is 12.1 Å². The molecule has 1 aliphatic heterocycles. The maximum atomic E-state index is 7.18. The molecule has 28 heavy (non-hydrogen) atoms. The van der Waals surface area contributed by atoms with Crippen LogP contribution >= 0.6 is 155 Å². The zero-order chi connectivity index (χ0) is 22.6. The monoisotopic (exact) mass is 815 g/mol. The lowest BCUT2D eigenvalue weighted by molar-refractivity contribution is 1.46. The highest BCUT2D eigenvalue weighted by molar-refractivity contribution is 8.26. The number of hydrogen-bond donors (Lipinski definition) is 0. The first-order valence-corrected chi connectivity index (χ1v) is 48.1. The molecule has 1 saturated heterocycles. The highest BCUT2D eigenvalue weighted by atomic mass is 35.9. The van der Waals surface area contributed by atoms with Crippen LogP contribution in [0.1, 0.15) is 6.92 Å². The topological polar surface area (TPSA) is 0 Å². The summed E-state index contributed by atoms with van der Waals surface area (Å²) in [5.41, 5.74) is -2.33. The van der Waals surface area contributed by atoms with E-state index in [0.29, 0.717) is 11.3 Å². The van der Waals surface area contributed by atoms with Crippen LogP contribution in [0, 0.1) is 0 Å². The van der Waals surface area contributed by atoms with Crippen LogP contribution < -0.4 is 0 Å². The second kappa shape index (κ2) is 10.8. The molecule has 0 nitrogen and oxygen atoms in total. The van der Waals surface area contributed by atoms with Gasteiger partial charge in [0, 0.05) is 16.9 Å². The van der Waals surface area contributed by atoms with Crippen LogP contribution in [0.3, 0.4) is 0 Å². The van der Waals surface area contributed by atoms with Gasteiger partial charge in [-0.25, -0.2) is 0 Å². The molecular formula is C5H14Cl14Si9. The largest absolute Gasteiger partial charge is 0.358 e. The van der Waals surface area contributed by atoms with Gasteiger partial charge in [0.25, 0.3) is 24.8 Å². The molecule has 0 amide bonds. The van der Waals surface area contributed by atoms with E-state index in [9.17, 15) is 0 Å². The number of hydrogen-bond acceptors (Lipinski definition) is 0. The van der Waals surface area contributed by atoms with E-state index in [1.54, 1.807) is 0 Å². The van der Waals surface area contributed by atoms with E-state index in [0.717, 1.165) is 6.04 Å². The normalized spacial score (nSPS) is 29.5. The molecule has 168 valence electrons. The Hall–Kier alpha value is 6.01. The third kappa shape index (κ3) is 7.07. The lowest BCUT2D eigenvalue weighted by atomic mass is 11.0. The highest BCUT2D eigenvalue weighted by Crippen LogP contribution is 2.59. The van der Waals surface area contributed by atoms with Crippen molar-refractivity contribution in [1.82, 2.24) is 0 Å². The van der Waals surface area contributed by atoms with E-state index < -0.39 is 59.4 Å². The van der Waals surface area contributed by atoms with E-state index in [1.807, 2.05) is 6.92 Å². The summed E-state index contributed by atoms with van der Waals surface area (Å²) in [6, 6.07) is 0.776. The van der Waals surface area contributed by atoms with Crippen molar-refractivity contribution in [3.63, 3.8) is 0 Å². The van der Waals surface area contributed by atoms with Crippen molar-refractivity contribution < 1.29 is 0 Å². The smallest absolute Gasteiger partial charge is 0.168 e. The number of rotatable bonds is 7. The minimum Gasteiger partial charge on any atom is -0.168 e. The fraction of sp³-hybridized carbons (Fsp3) is 1.00. The molecule has 0 radical (unpaired) electrons. The quantitative estimate of drug-likeness (QED) is 0.182. The second-order valence-corrected chi connectivity index (χ2v) is 107. The molecule has 1 heterocycles. The van der Waals surface area contributed by atoms with Crippen LogP contribution in [-0.2, 0) is 0 Å². The van der Waals surface area contributed by atoms with Gasteiger partial charge in [-0.1, -0.05) is 6.92 Å². The van der Waals surface area contributed by atoms with Crippen LogP contribution in [0.5, 0.6) is 0 Å². The maximum absolute atomic E-state index is 7.18. The Balaban J connectivity index is 3.34. The predicted molar refractivity (Wildman–Crippen MR) is 163 cm³/mol. The molecule has 0 N–H and O–H groups in total. The molecule has 0 saturated carbocycles. The summed E-state index contributed by atoms with van der Waals surface area (Å²) < 4.78 is 0. The van der Waals surface area contributed by atoms with E-state index in [-0.39, 0.29) is 5.67 Å². The van der Waals surface area contributed by atoms with Crippen LogP contribution in [0.25, 0.3) is 0 Å². The highest BCUT2D eigenvalue weighted by Gasteiger charge is 2.81. The maximum Gasteiger partial charge on any atom is 0.358 e. The van der Waals surface area contributed by atoms with Gasteiger partial charge in [0.1, 0.15) is 0 Å². The van der Waals surface area contributed by atoms with E-state index >= 15 is 0 Å². The van der Waals surface area contributed by atoms with Gasteiger partial charge >= 0.3 is 5.52 Å². The average Bonchev–Trinajstić information content (AvgIpc) is 2.40. The Labute approximate surface area is 240 Å². The van der Waals surface area contributed by atoms with Gasteiger partial charge in [-0.3, -0.25) is 0 Å². The van der Waals surface area contributed by atoms with Crippen molar-refractivity contribution in [3.05, 3.63) is 0 Å². The lowest BCUT2D eigenvalue weighted by Crippen LogP contribution is -2.82. The molecule has 23 heteroatoms. The van der Waals surface area contributed by atoms with Gasteiger partial charge in [-0.15, -0.1) is 122 Å². The predicted octanol–water partition coefficient (Wildman–Crippen LogP) is 7.78. The molecule has 1 fully saturated rings. The Morgan fingerprint density at radius 3 is 1.50 bits per heavy atom. The summed E-state index contributed by atoms with van der Waals surface area (Å²) >= 11 is 93.1. The Morgan fingerprint density at radius 1 is 0.786 bits per heavy atom. The summed E-state index contributed by atoms with van der Waals surface area (Å²) in [4.78, 5) is 0. The zero-order valence-electron chi connectivity index (χ0n) is 13.9. The Kier molecular flexibility index (Phi) is 12.3. The standard InChI is InChI=1S/C5H14Cl14Si9/c1-2-22(6,7)20-21-3-23(8,9)28(19,24(10,11)4-21)26(14,15)5-25(12,13)27(16,17)18/h21H,2-5,20H2,1H3. The minimum atomic E-state index is -3.53. The first-order chi connectivity index (χ1) is 12.1. The third-order valence-corrected chi connectivity index (χ3v) is 171. The first kappa shape index (κ1) is 32.0. The van der Waals surface area contributed by atoms with Gasteiger partial charge in [0.05, 0.1) is 0 Å². The Bertz CT molecular complexity index is 556. The molecule has 1 aliphatic rings. The molecule has 0 aromatic carbocycles. The lowest BCUT2D eigenvalue weighted by Gasteiger charge is -2.52. The molecule has 0 aromatic heterocycles. The summed E-state index contributed by atoms with van der Waals surface area (Å²) in [5, 5.41) is 0. The fourth-order valence-electron chi connectivity index (χ4n) is 3.09. The van der Waals surface area contributed by atoms with E-state index in [4.69, 9.17) is 155 Å². The van der Waals surface area contributed by atoms with E-state index in [2.05, 4.69) is 0 Å². The van der Waals surface area contributed by atoms with Crippen molar-refractivity contribution >= 4 is 214 Å². The fourth-order valence-corrected chi connectivity index (χ4v) is 233. The molecule has 0 aliphatic carbocycles. The second-order valence-electron chi connectivity index (χ2n) is 6.84. The van der Waals surface area contributed by atoms with Crippen molar-refractivity contribution in [1.29, 1.82) is 0 Å². The summed E-state index contributed by atoms with van der Waals surface area (Å²) in [7, 11) is -2.26. The zero-order valence-corrected chi connectivity index (χ0v) is 34.1. The molecule has 0 unspecified atom stereocenters.